The summed E-state index contributed by atoms with van der Waals surface area (Å²) in [5.41, 5.74) is 2.64. The zero-order chi connectivity index (χ0) is 21.8. The Morgan fingerprint density at radius 1 is 1.03 bits per heavy atom. The van der Waals surface area contributed by atoms with Gasteiger partial charge in [-0.3, -0.25) is 9.36 Å². The fourth-order valence-corrected chi connectivity index (χ4v) is 3.98. The van der Waals surface area contributed by atoms with Gasteiger partial charge in [-0.15, -0.1) is 6.58 Å². The fraction of sp³-hybridized carbons (Fsp3) is 0.0455. The highest BCUT2D eigenvalue weighted by Crippen LogP contribution is 2.18. The van der Waals surface area contributed by atoms with Crippen LogP contribution in [0.15, 0.2) is 90.7 Å². The van der Waals surface area contributed by atoms with Gasteiger partial charge in [0.25, 0.3) is 5.91 Å². The predicted octanol–water partition coefficient (Wildman–Crippen LogP) is 3.14. The van der Waals surface area contributed by atoms with Crippen LogP contribution < -0.4 is 10.0 Å². The van der Waals surface area contributed by atoms with Crippen molar-refractivity contribution in [3.8, 4) is 5.82 Å². The molecule has 2 heterocycles. The quantitative estimate of drug-likeness (QED) is 0.436. The van der Waals surface area contributed by atoms with Crippen LogP contribution in [-0.2, 0) is 10.0 Å². The Hall–Kier alpha value is -3.82. The number of hydrogen-bond acceptors (Lipinski definition) is 5. The van der Waals surface area contributed by atoms with E-state index in [0.29, 0.717) is 17.1 Å². The summed E-state index contributed by atoms with van der Waals surface area (Å²) in [7, 11) is -3.64. The Morgan fingerprint density at radius 3 is 2.52 bits per heavy atom. The van der Waals surface area contributed by atoms with Crippen LogP contribution in [0.3, 0.4) is 0 Å². The second kappa shape index (κ2) is 8.50. The predicted molar refractivity (Wildman–Crippen MR) is 119 cm³/mol. The van der Waals surface area contributed by atoms with E-state index in [4.69, 9.17) is 0 Å². The van der Waals surface area contributed by atoms with Crippen LogP contribution in [0.4, 0.5) is 5.69 Å². The number of carbonyl (C=O) groups is 1. The van der Waals surface area contributed by atoms with E-state index < -0.39 is 10.0 Å². The summed E-state index contributed by atoms with van der Waals surface area (Å²) in [6.07, 6.45) is 4.71. The number of nitrogens with zero attached hydrogens (tertiary/aromatic N) is 3. The van der Waals surface area contributed by atoms with Gasteiger partial charge in [-0.25, -0.2) is 23.1 Å². The lowest BCUT2D eigenvalue weighted by Gasteiger charge is -2.08. The molecule has 0 saturated carbocycles. The second-order valence-electron chi connectivity index (χ2n) is 6.63. The molecule has 0 radical (unpaired) electrons. The van der Waals surface area contributed by atoms with E-state index in [9.17, 15) is 13.2 Å². The summed E-state index contributed by atoms with van der Waals surface area (Å²) >= 11 is 0. The van der Waals surface area contributed by atoms with Crippen LogP contribution in [0.25, 0.3) is 16.9 Å². The Kier molecular flexibility index (Phi) is 5.61. The lowest BCUT2D eigenvalue weighted by atomic mass is 10.2. The monoisotopic (exact) mass is 433 g/mol. The van der Waals surface area contributed by atoms with Crippen LogP contribution in [0.2, 0.25) is 0 Å². The first-order valence-electron chi connectivity index (χ1n) is 9.38. The highest BCUT2D eigenvalue weighted by atomic mass is 32.2. The molecule has 0 aliphatic heterocycles. The number of sulfonamides is 1. The topological polar surface area (TPSA) is 106 Å². The summed E-state index contributed by atoms with van der Waals surface area (Å²) in [6.45, 7) is 3.61. The molecule has 0 aliphatic carbocycles. The normalized spacial score (nSPS) is 11.4. The highest BCUT2D eigenvalue weighted by molar-refractivity contribution is 7.89. The van der Waals surface area contributed by atoms with Crippen LogP contribution in [0, 0.1) is 0 Å². The highest BCUT2D eigenvalue weighted by Gasteiger charge is 2.14. The van der Waals surface area contributed by atoms with Gasteiger partial charge in [0.1, 0.15) is 12.1 Å². The third kappa shape index (κ3) is 4.37. The lowest BCUT2D eigenvalue weighted by Crippen LogP contribution is -2.23. The number of rotatable bonds is 7. The number of benzene rings is 2. The maximum absolute atomic E-state index is 12.5. The number of carbonyl (C=O) groups excluding carboxylic acids is 1. The molecule has 0 unspecified atom stereocenters. The van der Waals surface area contributed by atoms with Crippen LogP contribution in [0.5, 0.6) is 0 Å². The summed E-state index contributed by atoms with van der Waals surface area (Å²) < 4.78 is 28.4. The summed E-state index contributed by atoms with van der Waals surface area (Å²) in [6, 6.07) is 16.9. The average molecular weight is 433 g/mol. The molecule has 0 bridgehead atoms. The van der Waals surface area contributed by atoms with Gasteiger partial charge in [-0.1, -0.05) is 18.2 Å². The molecule has 4 rings (SSSR count). The smallest absolute Gasteiger partial charge is 0.255 e. The van der Waals surface area contributed by atoms with E-state index in [-0.39, 0.29) is 17.3 Å². The lowest BCUT2D eigenvalue weighted by molar-refractivity contribution is 0.102. The molecule has 2 N–H and O–H groups in total. The van der Waals surface area contributed by atoms with Crippen molar-refractivity contribution in [1.29, 1.82) is 0 Å². The minimum Gasteiger partial charge on any atom is -0.321 e. The summed E-state index contributed by atoms with van der Waals surface area (Å²) in [5, 5.41) is 2.76. The van der Waals surface area contributed by atoms with E-state index in [0.717, 1.165) is 11.0 Å². The number of amides is 1. The number of nitrogens with one attached hydrogen (secondary N) is 2. The van der Waals surface area contributed by atoms with Crippen molar-refractivity contribution in [3.05, 3.63) is 91.4 Å². The van der Waals surface area contributed by atoms with Crippen molar-refractivity contribution in [2.45, 2.75) is 4.90 Å². The average Bonchev–Trinajstić information content (AvgIpc) is 3.22. The van der Waals surface area contributed by atoms with Gasteiger partial charge in [-0.2, -0.15) is 0 Å². The van der Waals surface area contributed by atoms with Gasteiger partial charge < -0.3 is 5.32 Å². The molecule has 1 amide bonds. The van der Waals surface area contributed by atoms with E-state index in [1.54, 1.807) is 24.7 Å². The summed E-state index contributed by atoms with van der Waals surface area (Å²) in [4.78, 5) is 21.3. The SMILES string of the molecule is C=CCNS(=O)(=O)c1ccc(C(=O)Nc2ccc(-n3cnc4ccccc43)nc2)cc1. The zero-order valence-corrected chi connectivity index (χ0v) is 17.2. The maximum atomic E-state index is 12.5. The molecule has 4 aromatic rings. The Balaban J connectivity index is 1.47. The molecular weight excluding hydrogens is 414 g/mol. The van der Waals surface area contributed by atoms with Crippen molar-refractivity contribution in [2.24, 2.45) is 0 Å². The van der Waals surface area contributed by atoms with Crippen LogP contribution in [0.1, 0.15) is 10.4 Å². The third-order valence-corrected chi connectivity index (χ3v) is 5.99. The number of aromatic nitrogens is 3. The molecule has 9 heteroatoms. The van der Waals surface area contributed by atoms with Crippen molar-refractivity contribution < 1.29 is 13.2 Å². The molecule has 0 spiro atoms. The minimum absolute atomic E-state index is 0.0736. The molecule has 0 aliphatic rings. The van der Waals surface area contributed by atoms with Crippen molar-refractivity contribution in [1.82, 2.24) is 19.3 Å². The molecule has 2 aromatic heterocycles. The Bertz CT molecular complexity index is 1340. The molecule has 31 heavy (non-hydrogen) atoms. The number of anilines is 1. The standard InChI is InChI=1S/C22H19N5O3S/c1-2-13-25-31(29,30)18-10-7-16(8-11-18)22(28)26-17-9-12-21(23-14-17)27-15-24-19-5-3-4-6-20(19)27/h2-12,14-15,25H,1,13H2,(H,26,28). The van der Waals surface area contributed by atoms with Crippen molar-refractivity contribution in [2.75, 3.05) is 11.9 Å². The molecule has 0 fully saturated rings. The number of imidazole rings is 1. The van der Waals surface area contributed by atoms with Gasteiger partial charge in [0.2, 0.25) is 10.0 Å². The molecular formula is C22H19N5O3S. The second-order valence-corrected chi connectivity index (χ2v) is 8.39. The van der Waals surface area contributed by atoms with Crippen LogP contribution in [-0.4, -0.2) is 35.4 Å². The summed E-state index contributed by atoms with van der Waals surface area (Å²) in [5.74, 6) is 0.305. The Labute approximate surface area is 179 Å². The molecule has 0 saturated heterocycles. The van der Waals surface area contributed by atoms with E-state index in [1.165, 1.54) is 30.3 Å². The van der Waals surface area contributed by atoms with Gasteiger partial charge in [0, 0.05) is 12.1 Å². The van der Waals surface area contributed by atoms with Gasteiger partial charge in [0.15, 0.2) is 0 Å². The van der Waals surface area contributed by atoms with Gasteiger partial charge in [-0.05, 0) is 48.5 Å². The molecule has 2 aromatic carbocycles. The fourth-order valence-electron chi connectivity index (χ4n) is 2.98. The molecule has 156 valence electrons. The van der Waals surface area contributed by atoms with Crippen molar-refractivity contribution >= 4 is 32.7 Å². The Morgan fingerprint density at radius 2 is 1.81 bits per heavy atom. The van der Waals surface area contributed by atoms with E-state index >= 15 is 0 Å². The molecule has 0 atom stereocenters. The zero-order valence-electron chi connectivity index (χ0n) is 16.4. The number of pyridine rings is 1. The van der Waals surface area contributed by atoms with E-state index in [1.807, 2.05) is 28.8 Å². The third-order valence-electron chi connectivity index (χ3n) is 4.55. The largest absolute Gasteiger partial charge is 0.321 e. The minimum atomic E-state index is -3.64. The van der Waals surface area contributed by atoms with Gasteiger partial charge >= 0.3 is 0 Å². The first kappa shape index (κ1) is 20.5. The van der Waals surface area contributed by atoms with Crippen LogP contribution >= 0.6 is 0 Å². The first-order valence-corrected chi connectivity index (χ1v) is 10.9. The number of fused-ring (bicyclic) bond motifs is 1. The molecule has 8 nitrogen and oxygen atoms in total. The maximum Gasteiger partial charge on any atom is 0.255 e. The number of hydrogen-bond donors (Lipinski definition) is 2. The van der Waals surface area contributed by atoms with E-state index in [2.05, 4.69) is 26.6 Å². The van der Waals surface area contributed by atoms with Gasteiger partial charge in [0.05, 0.1) is 27.8 Å². The van der Waals surface area contributed by atoms with Crippen molar-refractivity contribution in [3.63, 3.8) is 0 Å². The number of para-hydroxylation sites is 2. The first-order chi connectivity index (χ1) is 15.0.